The molecule has 32 heavy (non-hydrogen) atoms. The average molecular weight is 471 g/mol. The van der Waals surface area contributed by atoms with E-state index in [1.54, 1.807) is 11.8 Å². The van der Waals surface area contributed by atoms with E-state index in [9.17, 15) is 29.2 Å². The minimum atomic E-state index is -1.27. The number of carbonyl (C=O) groups is 5. The molecule has 1 unspecified atom stereocenters. The first-order chi connectivity index (χ1) is 15.3. The third kappa shape index (κ3) is 5.07. The molecule has 0 bridgehead atoms. The predicted octanol–water partition coefficient (Wildman–Crippen LogP) is 1.18. The highest BCUT2D eigenvalue weighted by Crippen LogP contribution is 2.40. The van der Waals surface area contributed by atoms with E-state index in [-0.39, 0.29) is 41.1 Å². The number of rotatable bonds is 10. The van der Waals surface area contributed by atoms with Gasteiger partial charge in [0.1, 0.15) is 0 Å². The quantitative estimate of drug-likeness (QED) is 0.0912. The van der Waals surface area contributed by atoms with Gasteiger partial charge in [0.05, 0.1) is 18.5 Å². The van der Waals surface area contributed by atoms with Crippen LogP contribution in [0.25, 0.3) is 0 Å². The molecule has 5 amide bonds. The molecule has 3 aliphatic rings. The highest BCUT2D eigenvalue weighted by molar-refractivity contribution is 8.00. The van der Waals surface area contributed by atoms with Crippen molar-refractivity contribution in [2.24, 2.45) is 5.84 Å². The number of hydrogen-bond donors (Lipinski definition) is 2. The molecule has 178 valence electrons. The smallest absolute Gasteiger partial charge is 0.341 e. The van der Waals surface area contributed by atoms with Crippen molar-refractivity contribution in [1.29, 1.82) is 0 Å². The van der Waals surface area contributed by atoms with Gasteiger partial charge in [-0.1, -0.05) is 26.2 Å². The number of urea groups is 1. The summed E-state index contributed by atoms with van der Waals surface area (Å²) >= 11 is 1.68. The maximum absolute atomic E-state index is 12.7. The second-order valence-electron chi connectivity index (χ2n) is 8.31. The number of esters is 1. The van der Waals surface area contributed by atoms with E-state index >= 15 is 0 Å². The van der Waals surface area contributed by atoms with Crippen molar-refractivity contribution in [3.05, 3.63) is 0 Å². The van der Waals surface area contributed by atoms with Crippen molar-refractivity contribution in [2.45, 2.75) is 88.1 Å². The van der Waals surface area contributed by atoms with Gasteiger partial charge in [0.25, 0.3) is 11.8 Å². The Morgan fingerprint density at radius 2 is 1.88 bits per heavy atom. The van der Waals surface area contributed by atoms with Crippen molar-refractivity contribution in [1.82, 2.24) is 15.0 Å². The van der Waals surface area contributed by atoms with Gasteiger partial charge >= 0.3 is 12.0 Å². The minimum absolute atomic E-state index is 0.0232. The fraction of sp³-hybridized carbons (Fsp3) is 0.750. The number of ether oxygens (including phenoxy) is 1. The van der Waals surface area contributed by atoms with Gasteiger partial charge in [-0.05, 0) is 19.3 Å². The molecule has 3 heterocycles. The van der Waals surface area contributed by atoms with E-state index in [1.165, 1.54) is 9.91 Å². The molecule has 0 aromatic carbocycles. The van der Waals surface area contributed by atoms with Crippen molar-refractivity contribution >= 4 is 41.5 Å². The number of imide groups is 2. The Balaban J connectivity index is 1.46. The summed E-state index contributed by atoms with van der Waals surface area (Å²) in [6.45, 7) is 2.05. The molecule has 0 aromatic heterocycles. The summed E-state index contributed by atoms with van der Waals surface area (Å²) in [5, 5.41) is 10.4. The molecule has 4 atom stereocenters. The number of nitrogens with zero attached hydrogens (tertiary/aromatic N) is 3. The minimum Gasteiger partial charge on any atom is -0.452 e. The maximum atomic E-state index is 12.7. The average Bonchev–Trinajstić information content (AvgIpc) is 3.35. The van der Waals surface area contributed by atoms with Crippen molar-refractivity contribution in [3.63, 3.8) is 0 Å². The number of carbonyl (C=O) groups excluding carboxylic acids is 5. The molecule has 11 nitrogen and oxygen atoms in total. The Morgan fingerprint density at radius 3 is 2.53 bits per heavy atom. The van der Waals surface area contributed by atoms with Crippen LogP contribution in [0, 0.1) is 0 Å². The molecule has 3 saturated heterocycles. The molecule has 12 heteroatoms. The second-order valence-corrected chi connectivity index (χ2v) is 9.58. The van der Waals surface area contributed by atoms with Gasteiger partial charge in [-0.3, -0.25) is 34.3 Å². The van der Waals surface area contributed by atoms with Crippen molar-refractivity contribution in [3.8, 4) is 0 Å². The van der Waals surface area contributed by atoms with E-state index < -0.39 is 29.9 Å². The van der Waals surface area contributed by atoms with Crippen LogP contribution in [-0.2, 0) is 23.9 Å². The Kier molecular flexibility index (Phi) is 8.12. The lowest BCUT2D eigenvalue weighted by molar-refractivity contribution is -0.176. The molecule has 3 rings (SSSR count). The normalized spacial score (nSPS) is 27.5. The number of hydroxylamine groups is 2. The zero-order valence-electron chi connectivity index (χ0n) is 18.1. The van der Waals surface area contributed by atoms with E-state index in [0.717, 1.165) is 19.3 Å². The zero-order chi connectivity index (χ0) is 23.4. The zero-order valence-corrected chi connectivity index (χ0v) is 18.9. The summed E-state index contributed by atoms with van der Waals surface area (Å²) in [5.74, 6) is 4.09. The number of hydrazine groups is 1. The van der Waals surface area contributed by atoms with Crippen LogP contribution in [0.2, 0.25) is 0 Å². The SMILES string of the molecule is CCCCCC(=O)N1C(=O)N(N)[C@@H]2CS[C@H](CCCCC(=O)OC3CC(=O)N(O)C3=O)[C@@H]21. The van der Waals surface area contributed by atoms with Crippen LogP contribution < -0.4 is 5.84 Å². The molecule has 3 fully saturated rings. The summed E-state index contributed by atoms with van der Waals surface area (Å²) < 4.78 is 4.99. The largest absolute Gasteiger partial charge is 0.452 e. The highest BCUT2D eigenvalue weighted by atomic mass is 32.2. The number of thioether (sulfide) groups is 1. The molecule has 0 radical (unpaired) electrons. The maximum Gasteiger partial charge on any atom is 0.341 e. The third-order valence-corrected chi connectivity index (χ3v) is 7.55. The van der Waals surface area contributed by atoms with E-state index in [0.29, 0.717) is 31.4 Å². The molecule has 0 aromatic rings. The number of amides is 5. The van der Waals surface area contributed by atoms with Gasteiger partial charge in [-0.2, -0.15) is 16.8 Å². The van der Waals surface area contributed by atoms with Crippen LogP contribution in [0.4, 0.5) is 4.79 Å². The fourth-order valence-electron chi connectivity index (χ4n) is 4.33. The molecule has 3 N–H and O–H groups in total. The summed E-state index contributed by atoms with van der Waals surface area (Å²) in [5.41, 5.74) is 0. The lowest BCUT2D eigenvalue weighted by Crippen LogP contribution is -2.44. The van der Waals surface area contributed by atoms with Gasteiger partial charge in [-0.15, -0.1) is 0 Å². The van der Waals surface area contributed by atoms with Crippen LogP contribution in [-0.4, -0.2) is 79.1 Å². The summed E-state index contributed by atoms with van der Waals surface area (Å²) in [4.78, 5) is 61.4. The van der Waals surface area contributed by atoms with Gasteiger partial charge in [-0.25, -0.2) is 10.6 Å². The first-order valence-corrected chi connectivity index (χ1v) is 12.1. The molecule has 0 aliphatic carbocycles. The monoisotopic (exact) mass is 470 g/mol. The molecular formula is C20H30N4O7S. The van der Waals surface area contributed by atoms with E-state index in [4.69, 9.17) is 10.6 Å². The van der Waals surface area contributed by atoms with Crippen LogP contribution in [0.3, 0.4) is 0 Å². The first kappa shape index (κ1) is 24.5. The van der Waals surface area contributed by atoms with Gasteiger partial charge in [0, 0.05) is 23.8 Å². The summed E-state index contributed by atoms with van der Waals surface area (Å²) in [6.07, 6.45) is 3.29. The Bertz CT molecular complexity index is 779. The lowest BCUT2D eigenvalue weighted by atomic mass is 10.0. The molecular weight excluding hydrogens is 440 g/mol. The fourth-order valence-corrected chi connectivity index (χ4v) is 5.97. The van der Waals surface area contributed by atoms with Crippen molar-refractivity contribution in [2.75, 3.05) is 5.75 Å². The second kappa shape index (κ2) is 10.6. The Morgan fingerprint density at radius 1 is 1.16 bits per heavy atom. The molecule has 3 aliphatic heterocycles. The summed E-state index contributed by atoms with van der Waals surface area (Å²) in [6, 6.07) is -0.912. The van der Waals surface area contributed by atoms with Gasteiger partial charge in [0.2, 0.25) is 5.91 Å². The molecule has 0 spiro atoms. The predicted molar refractivity (Wildman–Crippen MR) is 113 cm³/mol. The van der Waals surface area contributed by atoms with Crippen LogP contribution >= 0.6 is 11.8 Å². The summed E-state index contributed by atoms with van der Waals surface area (Å²) in [7, 11) is 0. The number of unbranched alkanes of at least 4 members (excludes halogenated alkanes) is 3. The first-order valence-electron chi connectivity index (χ1n) is 11.0. The topological polar surface area (TPSA) is 151 Å². The van der Waals surface area contributed by atoms with Crippen molar-refractivity contribution < 1.29 is 33.9 Å². The van der Waals surface area contributed by atoms with Gasteiger partial charge in [0.15, 0.2) is 6.10 Å². The Hall–Kier alpha value is -2.18. The number of nitrogens with two attached hydrogens (primary N) is 1. The van der Waals surface area contributed by atoms with Gasteiger partial charge < -0.3 is 4.74 Å². The van der Waals surface area contributed by atoms with E-state index in [1.807, 2.05) is 0 Å². The standard InChI is InChI=1S/C20H30N4O7S/c1-2-3-4-8-15(25)22-18-12(23(21)20(22)29)11-32-14(18)7-5-6-9-17(27)31-13-10-16(26)24(30)19(13)28/h12-14,18,30H,2-11,21H2,1H3/t12-,13?,14-,18-/m1/s1. The highest BCUT2D eigenvalue weighted by Gasteiger charge is 2.54. The van der Waals surface area contributed by atoms with Crippen LogP contribution in [0.15, 0.2) is 0 Å². The number of hydrogen-bond acceptors (Lipinski definition) is 9. The molecule has 0 saturated carbocycles. The van der Waals surface area contributed by atoms with Crippen LogP contribution in [0.1, 0.15) is 64.7 Å². The Labute approximate surface area is 190 Å². The third-order valence-electron chi connectivity index (χ3n) is 6.08. The van der Waals surface area contributed by atoms with E-state index in [2.05, 4.69) is 6.92 Å². The lowest BCUT2D eigenvalue weighted by Gasteiger charge is -2.25. The van der Waals surface area contributed by atoms with Crippen LogP contribution in [0.5, 0.6) is 0 Å². The number of fused-ring (bicyclic) bond motifs is 1.